The van der Waals surface area contributed by atoms with Crippen LogP contribution in [-0.2, 0) is 11.3 Å². The molecular weight excluding hydrogens is 341 g/mol. The number of nitrogens with zero attached hydrogens (tertiary/aromatic N) is 2. The van der Waals surface area contributed by atoms with E-state index in [9.17, 15) is 4.79 Å². The molecule has 0 aliphatic carbocycles. The molecule has 0 aliphatic heterocycles. The maximum absolute atomic E-state index is 11.8. The van der Waals surface area contributed by atoms with E-state index in [1.54, 1.807) is 0 Å². The number of carbonyl (C=O) groups excluding carboxylic acids is 1. The largest absolute Gasteiger partial charge is 0.451 e. The first-order valence-electron chi connectivity index (χ1n) is 6.63. The molecule has 0 aliphatic rings. The number of halogens is 2. The summed E-state index contributed by atoms with van der Waals surface area (Å²) in [6.45, 7) is 1.82. The lowest BCUT2D eigenvalue weighted by molar-refractivity contribution is 0.0432. The fraction of sp³-hybridized carbons (Fsp3) is 0.133. The van der Waals surface area contributed by atoms with Crippen molar-refractivity contribution in [1.82, 2.24) is 15.2 Å². The molecule has 0 saturated carbocycles. The lowest BCUT2D eigenvalue weighted by atomic mass is 10.1. The van der Waals surface area contributed by atoms with E-state index in [1.807, 2.05) is 31.2 Å². The number of benzene rings is 1. The Morgan fingerprint density at radius 2 is 2.13 bits per heavy atom. The standard InChI is InChI=1S/C15H11Cl2N3O3/c1-8-3-2-4-9(5-8)14-20-19-12(23-14)7-22-15(21)11-6-10(16)13(17)18-11/h2-6,18H,7H2,1H3. The van der Waals surface area contributed by atoms with Gasteiger partial charge in [-0.3, -0.25) is 0 Å². The molecule has 2 heterocycles. The Kier molecular flexibility index (Phi) is 4.36. The highest BCUT2D eigenvalue weighted by Gasteiger charge is 2.15. The topological polar surface area (TPSA) is 81.0 Å². The van der Waals surface area contributed by atoms with Crippen molar-refractivity contribution in [1.29, 1.82) is 0 Å². The van der Waals surface area contributed by atoms with E-state index in [1.165, 1.54) is 6.07 Å². The van der Waals surface area contributed by atoms with Crippen LogP contribution in [-0.4, -0.2) is 21.2 Å². The molecule has 0 saturated heterocycles. The molecule has 6 nitrogen and oxygen atoms in total. The maximum atomic E-state index is 11.8. The van der Waals surface area contributed by atoms with Gasteiger partial charge < -0.3 is 14.1 Å². The number of rotatable bonds is 4. The van der Waals surface area contributed by atoms with Crippen LogP contribution in [0.4, 0.5) is 0 Å². The van der Waals surface area contributed by atoms with Crippen molar-refractivity contribution in [3.63, 3.8) is 0 Å². The summed E-state index contributed by atoms with van der Waals surface area (Å²) < 4.78 is 10.5. The highest BCUT2D eigenvalue weighted by molar-refractivity contribution is 6.41. The van der Waals surface area contributed by atoms with E-state index in [0.717, 1.165) is 11.1 Å². The van der Waals surface area contributed by atoms with Crippen molar-refractivity contribution in [2.75, 3.05) is 0 Å². The molecule has 0 fully saturated rings. The molecule has 2 aromatic heterocycles. The van der Waals surface area contributed by atoms with Crippen LogP contribution >= 0.6 is 23.2 Å². The Labute approximate surface area is 141 Å². The van der Waals surface area contributed by atoms with Crippen LogP contribution in [0.1, 0.15) is 21.9 Å². The third kappa shape index (κ3) is 3.55. The Morgan fingerprint density at radius 1 is 1.30 bits per heavy atom. The maximum Gasteiger partial charge on any atom is 0.355 e. The van der Waals surface area contributed by atoms with E-state index in [-0.39, 0.29) is 28.4 Å². The summed E-state index contributed by atoms with van der Waals surface area (Å²) in [6, 6.07) is 9.03. The Morgan fingerprint density at radius 3 is 2.83 bits per heavy atom. The molecule has 0 spiro atoms. The van der Waals surface area contributed by atoms with Gasteiger partial charge in [-0.25, -0.2) is 4.79 Å². The van der Waals surface area contributed by atoms with Gasteiger partial charge in [-0.15, -0.1) is 10.2 Å². The molecule has 0 unspecified atom stereocenters. The number of ether oxygens (including phenoxy) is 1. The molecule has 1 aromatic carbocycles. The van der Waals surface area contributed by atoms with Crippen molar-refractivity contribution in [2.45, 2.75) is 13.5 Å². The number of aromatic nitrogens is 3. The first kappa shape index (κ1) is 15.6. The van der Waals surface area contributed by atoms with Crippen LogP contribution in [0.15, 0.2) is 34.7 Å². The number of aryl methyl sites for hydroxylation is 1. The van der Waals surface area contributed by atoms with Crippen molar-refractivity contribution in [3.05, 3.63) is 57.7 Å². The van der Waals surface area contributed by atoms with Crippen molar-refractivity contribution in [3.8, 4) is 11.5 Å². The molecule has 0 atom stereocenters. The average molecular weight is 352 g/mol. The minimum absolute atomic E-state index is 0.147. The van der Waals surface area contributed by atoms with Crippen LogP contribution < -0.4 is 0 Å². The second kappa shape index (κ2) is 6.44. The van der Waals surface area contributed by atoms with Gasteiger partial charge in [0.25, 0.3) is 5.89 Å². The van der Waals surface area contributed by atoms with E-state index >= 15 is 0 Å². The zero-order valence-electron chi connectivity index (χ0n) is 12.0. The summed E-state index contributed by atoms with van der Waals surface area (Å²) in [5.74, 6) is -0.0570. The summed E-state index contributed by atoms with van der Waals surface area (Å²) in [6.07, 6.45) is 0. The number of H-pyrrole nitrogens is 1. The minimum Gasteiger partial charge on any atom is -0.451 e. The zero-order valence-corrected chi connectivity index (χ0v) is 13.5. The average Bonchev–Trinajstić information content (AvgIpc) is 3.12. The van der Waals surface area contributed by atoms with Gasteiger partial charge in [0.1, 0.15) is 10.8 Å². The highest BCUT2D eigenvalue weighted by atomic mass is 35.5. The van der Waals surface area contributed by atoms with Gasteiger partial charge in [0.05, 0.1) is 5.02 Å². The minimum atomic E-state index is -0.617. The summed E-state index contributed by atoms with van der Waals surface area (Å²) in [4.78, 5) is 14.5. The Hall–Kier alpha value is -2.31. The summed E-state index contributed by atoms with van der Waals surface area (Å²) in [5, 5.41) is 8.22. The molecule has 0 bridgehead atoms. The Balaban J connectivity index is 1.66. The predicted molar refractivity (Wildman–Crippen MR) is 84.4 cm³/mol. The van der Waals surface area contributed by atoms with Gasteiger partial charge in [0, 0.05) is 5.56 Å². The number of nitrogens with one attached hydrogen (secondary N) is 1. The first-order valence-corrected chi connectivity index (χ1v) is 7.39. The first-order chi connectivity index (χ1) is 11.0. The monoisotopic (exact) mass is 351 g/mol. The van der Waals surface area contributed by atoms with Crippen LogP contribution in [0, 0.1) is 6.92 Å². The molecule has 23 heavy (non-hydrogen) atoms. The van der Waals surface area contributed by atoms with Crippen LogP contribution in [0.3, 0.4) is 0 Å². The molecule has 8 heteroatoms. The van der Waals surface area contributed by atoms with E-state index in [4.69, 9.17) is 32.4 Å². The SMILES string of the molecule is Cc1cccc(-c2nnc(COC(=O)c3cc(Cl)c(Cl)[nH]3)o2)c1. The lowest BCUT2D eigenvalue weighted by Gasteiger charge is -1.99. The van der Waals surface area contributed by atoms with E-state index in [0.29, 0.717) is 5.89 Å². The third-order valence-corrected chi connectivity index (χ3v) is 3.70. The molecule has 3 rings (SSSR count). The summed E-state index contributed by atoms with van der Waals surface area (Å²) in [5.41, 5.74) is 2.03. The Bertz CT molecular complexity index is 838. The molecular formula is C15H11Cl2N3O3. The van der Waals surface area contributed by atoms with E-state index < -0.39 is 5.97 Å². The number of carbonyl (C=O) groups is 1. The fourth-order valence-corrected chi connectivity index (χ4v) is 2.24. The smallest absolute Gasteiger partial charge is 0.355 e. The van der Waals surface area contributed by atoms with Gasteiger partial charge in [0.2, 0.25) is 5.89 Å². The molecule has 118 valence electrons. The summed E-state index contributed by atoms with van der Waals surface area (Å²) in [7, 11) is 0. The molecule has 1 N–H and O–H groups in total. The molecule has 0 amide bonds. The van der Waals surface area contributed by atoms with Crippen LogP contribution in [0.5, 0.6) is 0 Å². The third-order valence-electron chi connectivity index (χ3n) is 3.00. The fourth-order valence-electron chi connectivity index (χ4n) is 1.93. The second-order valence-electron chi connectivity index (χ2n) is 4.79. The lowest BCUT2D eigenvalue weighted by Crippen LogP contribution is -2.05. The van der Waals surface area contributed by atoms with Crippen molar-refractivity contribution < 1.29 is 13.9 Å². The van der Waals surface area contributed by atoms with Crippen LogP contribution in [0.25, 0.3) is 11.5 Å². The van der Waals surface area contributed by atoms with Gasteiger partial charge in [-0.2, -0.15) is 0 Å². The quantitative estimate of drug-likeness (QED) is 0.717. The number of hydrogen-bond acceptors (Lipinski definition) is 5. The normalized spacial score (nSPS) is 10.7. The predicted octanol–water partition coefficient (Wildman–Crippen LogP) is 4.04. The molecule has 3 aromatic rings. The summed E-state index contributed by atoms with van der Waals surface area (Å²) >= 11 is 11.5. The number of esters is 1. The van der Waals surface area contributed by atoms with Gasteiger partial charge in [0.15, 0.2) is 6.61 Å². The van der Waals surface area contributed by atoms with Crippen LogP contribution in [0.2, 0.25) is 10.2 Å². The zero-order chi connectivity index (χ0) is 16.4. The van der Waals surface area contributed by atoms with Gasteiger partial charge >= 0.3 is 5.97 Å². The molecule has 0 radical (unpaired) electrons. The highest BCUT2D eigenvalue weighted by Crippen LogP contribution is 2.23. The van der Waals surface area contributed by atoms with Gasteiger partial charge in [-0.05, 0) is 25.1 Å². The van der Waals surface area contributed by atoms with Crippen molar-refractivity contribution in [2.24, 2.45) is 0 Å². The number of aromatic amines is 1. The number of hydrogen-bond donors (Lipinski definition) is 1. The second-order valence-corrected chi connectivity index (χ2v) is 5.58. The van der Waals surface area contributed by atoms with Gasteiger partial charge in [-0.1, -0.05) is 40.9 Å². The van der Waals surface area contributed by atoms with E-state index in [2.05, 4.69) is 15.2 Å². The van der Waals surface area contributed by atoms with Crippen molar-refractivity contribution >= 4 is 29.2 Å².